The summed E-state index contributed by atoms with van der Waals surface area (Å²) in [5, 5.41) is 8.20. The number of carbonyl (C=O) groups is 1. The van der Waals surface area contributed by atoms with Crippen LogP contribution in [0.5, 0.6) is 0 Å². The van der Waals surface area contributed by atoms with E-state index in [2.05, 4.69) is 23.0 Å². The Balaban J connectivity index is 2.46. The van der Waals surface area contributed by atoms with E-state index in [0.717, 1.165) is 0 Å². The maximum absolute atomic E-state index is 10.3. The highest BCUT2D eigenvalue weighted by atomic mass is 32.1. The van der Waals surface area contributed by atoms with Crippen LogP contribution < -0.4 is 0 Å². The minimum atomic E-state index is -0.195. The van der Waals surface area contributed by atoms with Crippen molar-refractivity contribution in [1.29, 1.82) is 0 Å². The largest absolute Gasteiger partial charge is 0.287 e. The number of nitrogens with zero attached hydrogens (tertiary/aromatic N) is 3. The minimum Gasteiger partial charge on any atom is -0.269 e. The molecule has 4 nitrogen and oxygen atoms in total. The summed E-state index contributed by atoms with van der Waals surface area (Å²) in [6, 6.07) is 0. The second-order valence-corrected chi connectivity index (χ2v) is 1.67. The lowest BCUT2D eigenvalue weighted by atomic mass is 10.6. The first-order chi connectivity index (χ1) is 3.83. The Labute approximate surface area is 52.0 Å². The fourth-order valence-corrected chi connectivity index (χ4v) is 0.567. The normalized spacial score (nSPS) is 18.1. The molecule has 0 aliphatic carbocycles. The quantitative estimate of drug-likeness (QED) is 0.512. The van der Waals surface area contributed by atoms with Gasteiger partial charge in [-0.25, -0.2) is 0 Å². The lowest BCUT2D eigenvalue weighted by Crippen LogP contribution is -2.15. The molecule has 0 aromatic heterocycles. The Morgan fingerprint density at radius 1 is 1.88 bits per heavy atom. The minimum absolute atomic E-state index is 0.195. The van der Waals surface area contributed by atoms with E-state index < -0.39 is 0 Å². The van der Waals surface area contributed by atoms with Crippen LogP contribution in [-0.2, 0) is 4.79 Å². The van der Waals surface area contributed by atoms with E-state index in [-0.39, 0.29) is 12.5 Å². The Bertz CT molecular complexity index is 134. The fourth-order valence-electron chi connectivity index (χ4n) is 0.411. The predicted molar refractivity (Wildman–Crippen MR) is 30.4 cm³/mol. The molecule has 0 atom stereocenters. The smallest absolute Gasteiger partial charge is 0.269 e. The van der Waals surface area contributed by atoms with Crippen molar-refractivity contribution in [3.05, 3.63) is 0 Å². The molecule has 1 aliphatic rings. The van der Waals surface area contributed by atoms with Gasteiger partial charge in [0.05, 0.1) is 5.88 Å². The summed E-state index contributed by atoms with van der Waals surface area (Å²) in [5.74, 6) is 0.258. The van der Waals surface area contributed by atoms with Crippen LogP contribution in [0.25, 0.3) is 0 Å². The van der Waals surface area contributed by atoms with Crippen molar-refractivity contribution in [3.8, 4) is 0 Å². The van der Waals surface area contributed by atoms with E-state index in [1.165, 1.54) is 5.01 Å². The number of hydrogen-bond acceptors (Lipinski definition) is 4. The van der Waals surface area contributed by atoms with Gasteiger partial charge in [0.15, 0.2) is 0 Å². The molecule has 0 aromatic carbocycles. The number of carbonyl (C=O) groups excluding carboxylic acids is 1. The van der Waals surface area contributed by atoms with Crippen LogP contribution in [0.1, 0.15) is 0 Å². The van der Waals surface area contributed by atoms with Crippen molar-refractivity contribution < 1.29 is 4.79 Å². The fraction of sp³-hybridized carbons (Fsp3) is 0.667. The summed E-state index contributed by atoms with van der Waals surface area (Å²) in [6.45, 7) is 0.281. The number of amides is 1. The standard InChI is InChI=1S/C3H5N3OS/c7-3-1-6(2-8)5-4-3/h8H,1-2H2. The number of thiol groups is 1. The molecule has 0 bridgehead atoms. The Morgan fingerprint density at radius 2 is 2.62 bits per heavy atom. The van der Waals surface area contributed by atoms with Crippen LogP contribution in [0, 0.1) is 0 Å². The zero-order valence-corrected chi connectivity index (χ0v) is 5.01. The summed E-state index contributed by atoms with van der Waals surface area (Å²) in [7, 11) is 0. The van der Waals surface area contributed by atoms with Gasteiger partial charge < -0.3 is 0 Å². The van der Waals surface area contributed by atoms with Gasteiger partial charge in [-0.2, -0.15) is 12.6 Å². The third-order valence-electron chi connectivity index (χ3n) is 0.764. The van der Waals surface area contributed by atoms with Gasteiger partial charge >= 0.3 is 0 Å². The molecule has 0 fully saturated rings. The topological polar surface area (TPSA) is 45.0 Å². The zero-order valence-electron chi connectivity index (χ0n) is 4.11. The second-order valence-electron chi connectivity index (χ2n) is 1.39. The van der Waals surface area contributed by atoms with Gasteiger partial charge in [0, 0.05) is 0 Å². The molecule has 1 aliphatic heterocycles. The van der Waals surface area contributed by atoms with Gasteiger partial charge in [-0.1, -0.05) is 10.3 Å². The second kappa shape index (κ2) is 2.13. The Kier molecular flexibility index (Phi) is 1.48. The molecule has 5 heteroatoms. The SMILES string of the molecule is O=C1CN(CS)N=N1. The van der Waals surface area contributed by atoms with Crippen molar-refractivity contribution >= 4 is 18.5 Å². The van der Waals surface area contributed by atoms with Crippen LogP contribution in [0.4, 0.5) is 0 Å². The third-order valence-corrected chi connectivity index (χ3v) is 1.09. The highest BCUT2D eigenvalue weighted by Crippen LogP contribution is 2.00. The van der Waals surface area contributed by atoms with Crippen LogP contribution in [0.15, 0.2) is 10.3 Å². The van der Waals surface area contributed by atoms with Gasteiger partial charge in [-0.3, -0.25) is 9.80 Å². The molecule has 8 heavy (non-hydrogen) atoms. The Hall–Kier alpha value is -0.580. The number of hydrogen-bond donors (Lipinski definition) is 1. The van der Waals surface area contributed by atoms with E-state index in [1.54, 1.807) is 0 Å². The van der Waals surface area contributed by atoms with Gasteiger partial charge in [0.25, 0.3) is 5.91 Å². The van der Waals surface area contributed by atoms with Crippen LogP contribution in [0.3, 0.4) is 0 Å². The van der Waals surface area contributed by atoms with E-state index in [4.69, 9.17) is 0 Å². The maximum Gasteiger partial charge on any atom is 0.287 e. The first-order valence-electron chi connectivity index (χ1n) is 2.13. The van der Waals surface area contributed by atoms with Gasteiger partial charge in [0.1, 0.15) is 6.54 Å². The molecule has 1 rings (SSSR count). The summed E-state index contributed by atoms with van der Waals surface area (Å²) in [5.41, 5.74) is 0. The molecule has 0 radical (unpaired) electrons. The molecule has 0 saturated carbocycles. The van der Waals surface area contributed by atoms with Crippen LogP contribution in [0.2, 0.25) is 0 Å². The van der Waals surface area contributed by atoms with Crippen LogP contribution in [-0.4, -0.2) is 23.3 Å². The molecular weight excluding hydrogens is 126 g/mol. The van der Waals surface area contributed by atoms with Crippen molar-refractivity contribution in [3.63, 3.8) is 0 Å². The monoisotopic (exact) mass is 131 g/mol. The van der Waals surface area contributed by atoms with E-state index in [1.807, 2.05) is 0 Å². The van der Waals surface area contributed by atoms with Gasteiger partial charge in [0.2, 0.25) is 0 Å². The average Bonchev–Trinajstić information content (AvgIpc) is 2.14. The van der Waals surface area contributed by atoms with E-state index in [9.17, 15) is 4.79 Å². The summed E-state index contributed by atoms with van der Waals surface area (Å²) >= 11 is 3.88. The molecule has 0 unspecified atom stereocenters. The number of rotatable bonds is 1. The van der Waals surface area contributed by atoms with E-state index in [0.29, 0.717) is 5.88 Å². The summed E-state index contributed by atoms with van der Waals surface area (Å²) in [6.07, 6.45) is 0. The predicted octanol–water partition coefficient (Wildman–Crippen LogP) is 0.0831. The third kappa shape index (κ3) is 0.975. The molecule has 44 valence electrons. The summed E-state index contributed by atoms with van der Waals surface area (Å²) < 4.78 is 0. The average molecular weight is 131 g/mol. The lowest BCUT2D eigenvalue weighted by molar-refractivity contribution is -0.116. The first-order valence-corrected chi connectivity index (χ1v) is 2.76. The molecule has 1 heterocycles. The molecule has 0 aromatic rings. The van der Waals surface area contributed by atoms with E-state index >= 15 is 0 Å². The zero-order chi connectivity index (χ0) is 5.98. The highest BCUT2D eigenvalue weighted by molar-refractivity contribution is 7.80. The van der Waals surface area contributed by atoms with Crippen LogP contribution >= 0.6 is 12.6 Å². The van der Waals surface area contributed by atoms with Crippen molar-refractivity contribution in [1.82, 2.24) is 5.01 Å². The van der Waals surface area contributed by atoms with Crippen molar-refractivity contribution in [2.24, 2.45) is 10.3 Å². The molecule has 0 spiro atoms. The highest BCUT2D eigenvalue weighted by Gasteiger charge is 2.12. The van der Waals surface area contributed by atoms with Gasteiger partial charge in [-0.05, 0) is 0 Å². The molecule has 1 amide bonds. The molecule has 0 N–H and O–H groups in total. The van der Waals surface area contributed by atoms with Crippen molar-refractivity contribution in [2.75, 3.05) is 12.4 Å². The van der Waals surface area contributed by atoms with Crippen molar-refractivity contribution in [2.45, 2.75) is 0 Å². The maximum atomic E-state index is 10.3. The van der Waals surface area contributed by atoms with Gasteiger partial charge in [-0.15, -0.1) is 0 Å². The molecular formula is C3H5N3OS. The first kappa shape index (κ1) is 5.55. The summed E-state index contributed by atoms with van der Waals surface area (Å²) in [4.78, 5) is 10.3. The lowest BCUT2D eigenvalue weighted by Gasteiger charge is -2.02. The Morgan fingerprint density at radius 3 is 2.88 bits per heavy atom. The molecule has 0 saturated heterocycles.